The summed E-state index contributed by atoms with van der Waals surface area (Å²) in [4.78, 5) is 40.1. The Kier molecular flexibility index (Phi) is 6.80. The number of carbonyl (C=O) groups is 3. The lowest BCUT2D eigenvalue weighted by molar-refractivity contribution is -0.122. The van der Waals surface area contributed by atoms with Crippen LogP contribution in [0.5, 0.6) is 11.5 Å². The van der Waals surface area contributed by atoms with Crippen molar-refractivity contribution in [1.82, 2.24) is 5.32 Å². The van der Waals surface area contributed by atoms with Gasteiger partial charge in [0.25, 0.3) is 11.8 Å². The van der Waals surface area contributed by atoms with Crippen molar-refractivity contribution in [2.45, 2.75) is 16.9 Å². The molecule has 2 aromatic carbocycles. The number of ether oxygens (including phenoxy) is 2. The number of benzene rings is 2. The fourth-order valence-electron chi connectivity index (χ4n) is 3.21. The van der Waals surface area contributed by atoms with E-state index in [9.17, 15) is 14.4 Å². The summed E-state index contributed by atoms with van der Waals surface area (Å²) >= 11 is 4.84. The number of hydrogen-bond donors (Lipinski definition) is 1. The van der Waals surface area contributed by atoms with Crippen molar-refractivity contribution < 1.29 is 28.3 Å². The molecule has 174 valence electrons. The van der Waals surface area contributed by atoms with Gasteiger partial charge in [-0.1, -0.05) is 29.5 Å². The Morgan fingerprint density at radius 3 is 2.44 bits per heavy atom. The van der Waals surface area contributed by atoms with Gasteiger partial charge in [-0.2, -0.15) is 0 Å². The van der Waals surface area contributed by atoms with Crippen LogP contribution in [0, 0.1) is 6.92 Å². The lowest BCUT2D eigenvalue weighted by Gasteiger charge is -2.27. The molecule has 1 saturated heterocycles. The smallest absolute Gasteiger partial charge is 0.336 e. The first-order valence-corrected chi connectivity index (χ1v) is 11.6. The highest BCUT2D eigenvalue weighted by Gasteiger charge is 2.38. The first kappa shape index (κ1) is 23.7. The number of barbiturate groups is 1. The molecule has 0 bridgehead atoms. The van der Waals surface area contributed by atoms with Gasteiger partial charge in [-0.05, 0) is 59.3 Å². The minimum Gasteiger partial charge on any atom is -0.497 e. The van der Waals surface area contributed by atoms with Gasteiger partial charge in [-0.15, -0.1) is 0 Å². The average Bonchev–Trinajstić information content (AvgIpc) is 3.16. The van der Waals surface area contributed by atoms with Crippen molar-refractivity contribution in [2.75, 3.05) is 19.1 Å². The highest BCUT2D eigenvalue weighted by Crippen LogP contribution is 2.38. The number of aryl methyl sites for hydroxylation is 1. The molecule has 1 N–H and O–H groups in total. The second kappa shape index (κ2) is 9.78. The summed E-state index contributed by atoms with van der Waals surface area (Å²) in [5.41, 5.74) is 1.05. The fourth-order valence-corrected chi connectivity index (χ4v) is 4.54. The van der Waals surface area contributed by atoms with Crippen molar-refractivity contribution in [3.8, 4) is 11.5 Å². The molecule has 1 aliphatic heterocycles. The molecule has 0 atom stereocenters. The molecule has 4 amide bonds. The molecule has 3 aromatic rings. The van der Waals surface area contributed by atoms with Gasteiger partial charge in [0.05, 0.1) is 24.4 Å². The minimum absolute atomic E-state index is 0.167. The predicted molar refractivity (Wildman–Crippen MR) is 130 cm³/mol. The zero-order valence-corrected chi connectivity index (χ0v) is 20.8. The third-order valence-electron chi connectivity index (χ3n) is 4.92. The number of carbonyl (C=O) groups excluding carboxylic acids is 3. The number of anilines is 1. The maximum atomic E-state index is 13.2. The van der Waals surface area contributed by atoms with Crippen LogP contribution in [0.1, 0.15) is 11.3 Å². The monoisotopic (exact) mass is 542 g/mol. The van der Waals surface area contributed by atoms with Crippen molar-refractivity contribution >= 4 is 57.3 Å². The Morgan fingerprint density at radius 2 is 1.76 bits per heavy atom. The quantitative estimate of drug-likeness (QED) is 0.338. The van der Waals surface area contributed by atoms with E-state index in [0.29, 0.717) is 15.3 Å². The molecule has 10 heteroatoms. The van der Waals surface area contributed by atoms with E-state index in [1.165, 1.54) is 44.2 Å². The number of nitrogens with one attached hydrogen (secondary N) is 1. The third-order valence-corrected chi connectivity index (χ3v) is 6.77. The molecule has 1 aromatic heterocycles. The average molecular weight is 543 g/mol. The lowest BCUT2D eigenvalue weighted by atomic mass is 10.1. The summed E-state index contributed by atoms with van der Waals surface area (Å²) in [6.07, 6.45) is 1.30. The number of methoxy groups -OCH3 is 2. The van der Waals surface area contributed by atoms with Crippen LogP contribution in [-0.2, 0) is 9.59 Å². The predicted octanol–water partition coefficient (Wildman–Crippen LogP) is 5.19. The molecule has 2 heterocycles. The maximum absolute atomic E-state index is 13.2. The SMILES string of the molecule is COc1ccc(N2C(=O)NC(=O)/C(=C/c3cc(Br)c(Sc4ccc(C)cc4)o3)C2=O)c(OC)c1. The Balaban J connectivity index is 1.66. The number of nitrogens with zero attached hydrogens (tertiary/aromatic N) is 1. The van der Waals surface area contributed by atoms with E-state index in [2.05, 4.69) is 21.2 Å². The van der Waals surface area contributed by atoms with Gasteiger partial charge in [0.1, 0.15) is 22.8 Å². The first-order chi connectivity index (χ1) is 16.3. The molecule has 0 aliphatic carbocycles. The Bertz CT molecular complexity index is 1320. The summed E-state index contributed by atoms with van der Waals surface area (Å²) in [5, 5.41) is 2.75. The number of urea groups is 1. The van der Waals surface area contributed by atoms with Crippen LogP contribution in [0.3, 0.4) is 0 Å². The number of hydrogen-bond acceptors (Lipinski definition) is 7. The molecule has 0 radical (unpaired) electrons. The molecule has 8 nitrogen and oxygen atoms in total. The van der Waals surface area contributed by atoms with Crippen LogP contribution in [0.2, 0.25) is 0 Å². The van der Waals surface area contributed by atoms with E-state index in [1.54, 1.807) is 12.1 Å². The normalized spacial score (nSPS) is 15.0. The van der Waals surface area contributed by atoms with Gasteiger partial charge in [0.15, 0.2) is 5.09 Å². The molecular weight excluding hydrogens is 524 g/mol. The molecule has 1 aliphatic rings. The highest BCUT2D eigenvalue weighted by atomic mass is 79.9. The molecule has 0 spiro atoms. The van der Waals surface area contributed by atoms with Crippen molar-refractivity contribution in [2.24, 2.45) is 0 Å². The molecule has 0 unspecified atom stereocenters. The van der Waals surface area contributed by atoms with Gasteiger partial charge in [0, 0.05) is 11.0 Å². The summed E-state index contributed by atoms with van der Waals surface area (Å²) in [6, 6.07) is 13.3. The zero-order valence-electron chi connectivity index (χ0n) is 18.4. The van der Waals surface area contributed by atoms with Crippen LogP contribution >= 0.6 is 27.7 Å². The second-order valence-electron chi connectivity index (χ2n) is 7.19. The van der Waals surface area contributed by atoms with Crippen molar-refractivity contribution in [3.63, 3.8) is 0 Å². The van der Waals surface area contributed by atoms with Gasteiger partial charge in [-0.3, -0.25) is 14.9 Å². The van der Waals surface area contributed by atoms with Crippen LogP contribution in [0.25, 0.3) is 6.08 Å². The van der Waals surface area contributed by atoms with Gasteiger partial charge < -0.3 is 13.9 Å². The molecule has 1 fully saturated rings. The number of furan rings is 1. The molecule has 4 rings (SSSR count). The number of rotatable bonds is 6. The Labute approximate surface area is 208 Å². The lowest BCUT2D eigenvalue weighted by Crippen LogP contribution is -2.54. The Morgan fingerprint density at radius 1 is 1.03 bits per heavy atom. The number of halogens is 1. The van der Waals surface area contributed by atoms with E-state index < -0.39 is 17.8 Å². The van der Waals surface area contributed by atoms with Crippen molar-refractivity contribution in [3.05, 3.63) is 69.9 Å². The van der Waals surface area contributed by atoms with Gasteiger partial charge >= 0.3 is 6.03 Å². The van der Waals surface area contributed by atoms with E-state index in [-0.39, 0.29) is 22.8 Å². The van der Waals surface area contributed by atoms with Crippen LogP contribution in [0.4, 0.5) is 10.5 Å². The summed E-state index contributed by atoms with van der Waals surface area (Å²) < 4.78 is 17.0. The van der Waals surface area contributed by atoms with Crippen molar-refractivity contribution in [1.29, 1.82) is 0 Å². The maximum Gasteiger partial charge on any atom is 0.336 e. The summed E-state index contributed by atoms with van der Waals surface area (Å²) in [6.45, 7) is 2.00. The van der Waals surface area contributed by atoms with E-state index >= 15 is 0 Å². The molecular formula is C24H19BrN2O6S. The fraction of sp³-hybridized carbons (Fsp3) is 0.125. The largest absolute Gasteiger partial charge is 0.497 e. The van der Waals surface area contributed by atoms with Crippen LogP contribution in [0.15, 0.2) is 73.0 Å². The zero-order chi connectivity index (χ0) is 24.4. The van der Waals surface area contributed by atoms with Crippen LogP contribution < -0.4 is 19.7 Å². The molecule has 34 heavy (non-hydrogen) atoms. The molecule has 0 saturated carbocycles. The first-order valence-electron chi connectivity index (χ1n) is 9.98. The highest BCUT2D eigenvalue weighted by molar-refractivity contribution is 9.10. The van der Waals surface area contributed by atoms with E-state index in [0.717, 1.165) is 15.4 Å². The topological polar surface area (TPSA) is 98.1 Å². The summed E-state index contributed by atoms with van der Waals surface area (Å²) in [5.74, 6) is -0.641. The van der Waals surface area contributed by atoms with Gasteiger partial charge in [-0.25, -0.2) is 9.69 Å². The standard InChI is InChI=1S/C24H19BrN2O6S/c1-13-4-7-16(8-5-13)34-23-18(25)11-15(33-23)10-17-21(28)26-24(30)27(22(17)29)19-9-6-14(31-2)12-20(19)32-3/h4-12H,1-3H3,(H,26,28,30)/b17-10-. The summed E-state index contributed by atoms with van der Waals surface area (Å²) in [7, 11) is 2.89. The Hall–Kier alpha value is -3.50. The van der Waals surface area contributed by atoms with E-state index in [4.69, 9.17) is 13.9 Å². The number of imide groups is 2. The van der Waals surface area contributed by atoms with Crippen LogP contribution in [-0.4, -0.2) is 32.1 Å². The second-order valence-corrected chi connectivity index (χ2v) is 9.10. The van der Waals surface area contributed by atoms with E-state index in [1.807, 2.05) is 31.2 Å². The number of amides is 4. The third kappa shape index (κ3) is 4.73. The minimum atomic E-state index is -0.883. The van der Waals surface area contributed by atoms with Gasteiger partial charge in [0.2, 0.25) is 0 Å².